The molecule has 2 aromatic heterocycles. The van der Waals surface area contributed by atoms with Crippen molar-refractivity contribution in [2.45, 2.75) is 50.8 Å². The maximum absolute atomic E-state index is 12.2. The van der Waals surface area contributed by atoms with Gasteiger partial charge in [0.2, 0.25) is 0 Å². The summed E-state index contributed by atoms with van der Waals surface area (Å²) in [5.74, 6) is -0.0296. The van der Waals surface area contributed by atoms with Crippen LogP contribution in [0, 0.1) is 6.92 Å². The monoisotopic (exact) mass is 529 g/mol. The third-order valence-electron chi connectivity index (χ3n) is 6.77. The third kappa shape index (κ3) is 5.83. The zero-order valence-electron chi connectivity index (χ0n) is 21.7. The van der Waals surface area contributed by atoms with Crippen molar-refractivity contribution in [3.8, 4) is 0 Å². The smallest absolute Gasteiger partial charge is 0.330 e. The Morgan fingerprint density at radius 1 is 1.10 bits per heavy atom. The Kier molecular flexibility index (Phi) is 7.97. The van der Waals surface area contributed by atoms with Crippen LogP contribution in [-0.4, -0.2) is 60.6 Å². The molecule has 5 rings (SSSR count). The van der Waals surface area contributed by atoms with Crippen molar-refractivity contribution >= 4 is 29.0 Å². The van der Waals surface area contributed by atoms with Gasteiger partial charge in [0.1, 0.15) is 31.2 Å². The lowest BCUT2D eigenvalue weighted by Gasteiger charge is -2.19. The molecule has 10 heteroatoms. The van der Waals surface area contributed by atoms with Gasteiger partial charge in [-0.2, -0.15) is 0 Å². The predicted molar refractivity (Wildman–Crippen MR) is 146 cm³/mol. The Bertz CT molecular complexity index is 1440. The number of carbonyl (C=O) groups is 1. The molecule has 202 valence electrons. The number of aliphatic hydroxyl groups excluding tert-OH is 2. The van der Waals surface area contributed by atoms with Gasteiger partial charge in [0.25, 0.3) is 0 Å². The molecule has 4 aromatic rings. The number of aryl methyl sites for hydroxylation is 1. The number of aliphatic hydroxyl groups is 2. The van der Waals surface area contributed by atoms with Gasteiger partial charge in [-0.05, 0) is 30.5 Å². The number of nitrogens with one attached hydrogen (secondary N) is 1. The fourth-order valence-corrected chi connectivity index (χ4v) is 4.57. The number of fused-ring (bicyclic) bond motifs is 1. The summed E-state index contributed by atoms with van der Waals surface area (Å²) in [5.41, 5.74) is 4.05. The van der Waals surface area contributed by atoms with E-state index in [9.17, 15) is 15.0 Å². The van der Waals surface area contributed by atoms with Crippen molar-refractivity contribution in [3.05, 3.63) is 90.0 Å². The highest BCUT2D eigenvalue weighted by molar-refractivity contribution is 5.87. The molecular formula is C29H31N5O5. The number of imidazole rings is 1. The second-order valence-electron chi connectivity index (χ2n) is 9.48. The number of hydrogen-bond acceptors (Lipinski definition) is 9. The van der Waals surface area contributed by atoms with E-state index in [1.165, 1.54) is 18.7 Å². The van der Waals surface area contributed by atoms with E-state index in [4.69, 9.17) is 9.47 Å². The molecule has 1 fully saturated rings. The van der Waals surface area contributed by atoms with Gasteiger partial charge >= 0.3 is 5.97 Å². The molecule has 10 nitrogen and oxygen atoms in total. The molecule has 0 bridgehead atoms. The number of esters is 1. The summed E-state index contributed by atoms with van der Waals surface area (Å²) >= 11 is 0. The number of rotatable bonds is 9. The molecule has 1 aliphatic rings. The van der Waals surface area contributed by atoms with Crippen LogP contribution < -0.4 is 5.32 Å². The highest BCUT2D eigenvalue weighted by Gasteiger charge is 2.45. The van der Waals surface area contributed by atoms with Crippen molar-refractivity contribution in [1.82, 2.24) is 19.5 Å². The summed E-state index contributed by atoms with van der Waals surface area (Å²) in [6.07, 6.45) is 2.23. The van der Waals surface area contributed by atoms with Crippen LogP contribution in [0.5, 0.6) is 0 Å². The number of nitrogens with zero attached hydrogens (tertiary/aromatic N) is 4. The van der Waals surface area contributed by atoms with E-state index < -0.39 is 30.5 Å². The number of aromatic nitrogens is 4. The van der Waals surface area contributed by atoms with Crippen LogP contribution in [0.25, 0.3) is 17.2 Å². The van der Waals surface area contributed by atoms with Gasteiger partial charge in [-0.1, -0.05) is 67.1 Å². The van der Waals surface area contributed by atoms with E-state index in [1.54, 1.807) is 10.6 Å². The summed E-state index contributed by atoms with van der Waals surface area (Å²) in [6, 6.07) is 17.8. The first kappa shape index (κ1) is 26.5. The van der Waals surface area contributed by atoms with Crippen molar-refractivity contribution in [1.29, 1.82) is 0 Å². The van der Waals surface area contributed by atoms with E-state index >= 15 is 0 Å². The molecule has 3 N–H and O–H groups in total. The van der Waals surface area contributed by atoms with Crippen LogP contribution >= 0.6 is 0 Å². The molecule has 0 unspecified atom stereocenters. The van der Waals surface area contributed by atoms with E-state index in [2.05, 4.69) is 27.2 Å². The maximum Gasteiger partial charge on any atom is 0.330 e. The van der Waals surface area contributed by atoms with E-state index in [0.717, 1.165) is 23.1 Å². The van der Waals surface area contributed by atoms with Crippen molar-refractivity contribution in [3.63, 3.8) is 0 Å². The Morgan fingerprint density at radius 2 is 1.87 bits per heavy atom. The first-order valence-corrected chi connectivity index (χ1v) is 12.9. The standard InChI is InChI=1S/C29H31N5O5/c1-3-21(20-7-5-4-6-8-20)33-27-24-28(31-16-30-27)34(17-32-24)29-26(37)25(36)22(39-29)15-38-23(35)14-13-19-11-9-18(2)10-12-19/h4-14,16-17,21-22,25-26,29,36-37H,3,15H2,1-2H3,(H,30,31,33)/t21-,22+,25+,26+,29+/m0/s1. The normalized spacial score (nSPS) is 21.8. The summed E-state index contributed by atoms with van der Waals surface area (Å²) in [4.78, 5) is 25.4. The number of anilines is 1. The molecule has 2 aromatic carbocycles. The molecule has 0 amide bonds. The zero-order chi connectivity index (χ0) is 27.4. The molecule has 1 saturated heterocycles. The van der Waals surface area contributed by atoms with E-state index in [-0.39, 0.29) is 12.6 Å². The van der Waals surface area contributed by atoms with Crippen LogP contribution in [0.1, 0.15) is 42.3 Å². The number of hydrogen-bond donors (Lipinski definition) is 3. The Morgan fingerprint density at radius 3 is 2.62 bits per heavy atom. The SMILES string of the molecule is CC[C@H](Nc1ncnc2c1ncn2[C@@H]1O[C@H](COC(=O)C=Cc2ccc(C)cc2)[C@@H](O)[C@H]1O)c1ccccc1. The number of carbonyl (C=O) groups excluding carboxylic acids is 1. The lowest BCUT2D eigenvalue weighted by atomic mass is 10.0. The molecule has 0 saturated carbocycles. The molecule has 1 aliphatic heterocycles. The van der Waals surface area contributed by atoms with Crippen molar-refractivity contribution in [2.24, 2.45) is 0 Å². The second kappa shape index (κ2) is 11.7. The second-order valence-corrected chi connectivity index (χ2v) is 9.48. The quantitative estimate of drug-likeness (QED) is 0.220. The van der Waals surface area contributed by atoms with Gasteiger partial charge in [0.15, 0.2) is 23.2 Å². The fourth-order valence-electron chi connectivity index (χ4n) is 4.57. The van der Waals surface area contributed by atoms with Gasteiger partial charge in [0, 0.05) is 6.08 Å². The third-order valence-corrected chi connectivity index (χ3v) is 6.77. The zero-order valence-corrected chi connectivity index (χ0v) is 21.7. The Hall–Kier alpha value is -4.12. The highest BCUT2D eigenvalue weighted by atomic mass is 16.6. The molecule has 0 aliphatic carbocycles. The van der Waals surface area contributed by atoms with Crippen molar-refractivity contribution in [2.75, 3.05) is 11.9 Å². The van der Waals surface area contributed by atoms with Gasteiger partial charge in [-0.15, -0.1) is 0 Å². The lowest BCUT2D eigenvalue weighted by Crippen LogP contribution is -2.34. The average molecular weight is 530 g/mol. The summed E-state index contributed by atoms with van der Waals surface area (Å²) in [5, 5.41) is 24.8. The minimum atomic E-state index is -1.28. The minimum absolute atomic E-state index is 0.0173. The lowest BCUT2D eigenvalue weighted by molar-refractivity contribution is -0.144. The van der Waals surface area contributed by atoms with Crippen LogP contribution in [0.3, 0.4) is 0 Å². The Balaban J connectivity index is 1.27. The molecule has 0 spiro atoms. The van der Waals surface area contributed by atoms with Crippen LogP contribution in [0.4, 0.5) is 5.82 Å². The summed E-state index contributed by atoms with van der Waals surface area (Å²) in [6.45, 7) is 3.84. The highest BCUT2D eigenvalue weighted by Crippen LogP contribution is 2.33. The maximum atomic E-state index is 12.2. The first-order valence-electron chi connectivity index (χ1n) is 12.9. The van der Waals surface area contributed by atoms with E-state index in [0.29, 0.717) is 17.0 Å². The summed E-state index contributed by atoms with van der Waals surface area (Å²) < 4.78 is 12.7. The molecular weight excluding hydrogens is 498 g/mol. The molecule has 5 atom stereocenters. The summed E-state index contributed by atoms with van der Waals surface area (Å²) in [7, 11) is 0. The largest absolute Gasteiger partial charge is 0.460 e. The molecule has 3 heterocycles. The van der Waals surface area contributed by atoms with Crippen LogP contribution in [0.2, 0.25) is 0 Å². The van der Waals surface area contributed by atoms with Gasteiger partial charge in [0.05, 0.1) is 12.4 Å². The van der Waals surface area contributed by atoms with Gasteiger partial charge in [-0.3, -0.25) is 4.57 Å². The van der Waals surface area contributed by atoms with Crippen LogP contribution in [0.15, 0.2) is 73.3 Å². The van der Waals surface area contributed by atoms with Gasteiger partial charge in [-0.25, -0.2) is 19.7 Å². The molecule has 39 heavy (non-hydrogen) atoms. The topological polar surface area (TPSA) is 132 Å². The predicted octanol–water partition coefficient (Wildman–Crippen LogP) is 3.57. The minimum Gasteiger partial charge on any atom is -0.460 e. The van der Waals surface area contributed by atoms with Crippen LogP contribution in [-0.2, 0) is 14.3 Å². The number of ether oxygens (including phenoxy) is 2. The Labute approximate surface area is 226 Å². The van der Waals surface area contributed by atoms with Crippen molar-refractivity contribution < 1.29 is 24.5 Å². The van der Waals surface area contributed by atoms with E-state index in [1.807, 2.05) is 61.5 Å². The first-order chi connectivity index (χ1) is 18.9. The number of benzene rings is 2. The average Bonchev–Trinajstić information content (AvgIpc) is 3.51. The molecule has 0 radical (unpaired) electrons. The van der Waals surface area contributed by atoms with Gasteiger partial charge < -0.3 is 25.0 Å². The fraction of sp³-hybridized carbons (Fsp3) is 0.310.